The predicted octanol–water partition coefficient (Wildman–Crippen LogP) is 4.10. The van der Waals surface area contributed by atoms with Crippen LogP contribution in [0.3, 0.4) is 0 Å². The second kappa shape index (κ2) is 5.87. The van der Waals surface area contributed by atoms with Gasteiger partial charge in [0.25, 0.3) is 10.0 Å². The van der Waals surface area contributed by atoms with Crippen molar-refractivity contribution in [2.24, 2.45) is 0 Å². The fourth-order valence-corrected chi connectivity index (χ4v) is 3.98. The number of nitrogens with two attached hydrogens (primary N) is 1. The molecule has 0 atom stereocenters. The highest BCUT2D eigenvalue weighted by Gasteiger charge is 2.20. The number of sulfonamides is 1. The molecular weight excluding hydrogens is 376 g/mol. The van der Waals surface area contributed by atoms with Crippen molar-refractivity contribution in [1.82, 2.24) is 0 Å². The lowest BCUT2D eigenvalue weighted by molar-refractivity contribution is 0.600. The molecule has 0 radical (unpaired) electrons. The summed E-state index contributed by atoms with van der Waals surface area (Å²) < 4.78 is 28.2. The highest BCUT2D eigenvalue weighted by molar-refractivity contribution is 9.10. The molecule has 0 aliphatic heterocycles. The van der Waals surface area contributed by atoms with Crippen LogP contribution < -0.4 is 10.5 Å². The fourth-order valence-electron chi connectivity index (χ4n) is 1.91. The average molecular weight is 390 g/mol. The lowest BCUT2D eigenvalue weighted by atomic mass is 10.1. The van der Waals surface area contributed by atoms with Gasteiger partial charge in [-0.3, -0.25) is 4.72 Å². The van der Waals surface area contributed by atoms with Crippen LogP contribution in [-0.4, -0.2) is 8.42 Å². The third-order valence-corrected chi connectivity index (χ3v) is 5.52. The molecule has 0 aromatic heterocycles. The summed E-state index contributed by atoms with van der Waals surface area (Å²) in [5, 5.41) is 0.441. The summed E-state index contributed by atoms with van der Waals surface area (Å²) in [6.07, 6.45) is 0. The molecule has 0 aliphatic rings. The molecular formula is C14H14BrClN2O2S. The molecule has 0 aliphatic carbocycles. The number of benzene rings is 2. The zero-order valence-electron chi connectivity index (χ0n) is 11.4. The van der Waals surface area contributed by atoms with E-state index >= 15 is 0 Å². The molecule has 0 fully saturated rings. The molecule has 0 amide bonds. The zero-order valence-corrected chi connectivity index (χ0v) is 14.6. The number of anilines is 2. The zero-order chi connectivity index (χ0) is 15.8. The maximum absolute atomic E-state index is 12.6. The number of aryl methyl sites for hydroxylation is 1. The van der Waals surface area contributed by atoms with E-state index in [1.807, 2.05) is 6.92 Å². The van der Waals surface area contributed by atoms with Crippen LogP contribution in [0.4, 0.5) is 11.4 Å². The van der Waals surface area contributed by atoms with Gasteiger partial charge in [-0.05, 0) is 71.2 Å². The van der Waals surface area contributed by atoms with Crippen LogP contribution in [-0.2, 0) is 10.0 Å². The van der Waals surface area contributed by atoms with Gasteiger partial charge in [-0.1, -0.05) is 11.6 Å². The topological polar surface area (TPSA) is 72.2 Å². The van der Waals surface area contributed by atoms with Crippen LogP contribution in [0.15, 0.2) is 39.7 Å². The summed E-state index contributed by atoms with van der Waals surface area (Å²) in [4.78, 5) is 0.159. The minimum Gasteiger partial charge on any atom is -0.399 e. The van der Waals surface area contributed by atoms with E-state index in [4.69, 9.17) is 17.3 Å². The normalized spacial score (nSPS) is 11.4. The Morgan fingerprint density at radius 3 is 2.52 bits per heavy atom. The Morgan fingerprint density at radius 1 is 1.19 bits per heavy atom. The molecule has 112 valence electrons. The molecule has 0 saturated carbocycles. The lowest BCUT2D eigenvalue weighted by Gasteiger charge is -2.14. The summed E-state index contributed by atoms with van der Waals surface area (Å²) in [7, 11) is -3.75. The van der Waals surface area contributed by atoms with Crippen LogP contribution in [0, 0.1) is 13.8 Å². The first-order chi connectivity index (χ1) is 9.70. The summed E-state index contributed by atoms with van der Waals surface area (Å²) in [6.45, 7) is 3.57. The van der Waals surface area contributed by atoms with E-state index in [-0.39, 0.29) is 4.90 Å². The maximum Gasteiger partial charge on any atom is 0.262 e. The highest BCUT2D eigenvalue weighted by atomic mass is 79.9. The number of hydrogen-bond donors (Lipinski definition) is 2. The van der Waals surface area contributed by atoms with Gasteiger partial charge < -0.3 is 5.73 Å². The van der Waals surface area contributed by atoms with Crippen molar-refractivity contribution in [2.75, 3.05) is 10.5 Å². The number of hydrogen-bond acceptors (Lipinski definition) is 3. The number of nitrogens with one attached hydrogen (secondary N) is 1. The third kappa shape index (κ3) is 3.51. The van der Waals surface area contributed by atoms with Gasteiger partial charge in [0.05, 0.1) is 10.6 Å². The Morgan fingerprint density at radius 2 is 1.86 bits per heavy atom. The molecule has 2 rings (SSSR count). The van der Waals surface area contributed by atoms with Gasteiger partial charge in [-0.25, -0.2) is 8.42 Å². The van der Waals surface area contributed by atoms with Gasteiger partial charge in [0, 0.05) is 15.2 Å². The SMILES string of the molecule is Cc1cc(N)cc(S(=O)(=O)Nc2cc(Cl)ccc2Br)c1C. The van der Waals surface area contributed by atoms with Gasteiger partial charge in [-0.15, -0.1) is 0 Å². The van der Waals surface area contributed by atoms with E-state index in [2.05, 4.69) is 20.7 Å². The van der Waals surface area contributed by atoms with Gasteiger partial charge in [0.1, 0.15) is 0 Å². The van der Waals surface area contributed by atoms with E-state index in [9.17, 15) is 8.42 Å². The number of rotatable bonds is 3. The Hall–Kier alpha value is -1.24. The van der Waals surface area contributed by atoms with Crippen molar-refractivity contribution >= 4 is 48.9 Å². The van der Waals surface area contributed by atoms with E-state index in [0.717, 1.165) is 5.56 Å². The van der Waals surface area contributed by atoms with Crippen molar-refractivity contribution in [3.05, 3.63) is 51.0 Å². The first-order valence-corrected chi connectivity index (χ1v) is 8.71. The van der Waals surface area contributed by atoms with Crippen molar-refractivity contribution in [3.63, 3.8) is 0 Å². The quantitative estimate of drug-likeness (QED) is 0.776. The minimum absolute atomic E-state index is 0.159. The number of nitrogen functional groups attached to an aromatic ring is 1. The summed E-state index contributed by atoms with van der Waals surface area (Å²) in [6, 6.07) is 8.07. The smallest absolute Gasteiger partial charge is 0.262 e. The van der Waals surface area contributed by atoms with Crippen LogP contribution in [0.25, 0.3) is 0 Å². The van der Waals surface area contributed by atoms with Gasteiger partial charge >= 0.3 is 0 Å². The molecule has 0 spiro atoms. The predicted molar refractivity (Wildman–Crippen MR) is 90.3 cm³/mol. The van der Waals surface area contributed by atoms with Gasteiger partial charge in [-0.2, -0.15) is 0 Å². The molecule has 2 aromatic rings. The molecule has 0 unspecified atom stereocenters. The Balaban J connectivity index is 2.51. The van der Waals surface area contributed by atoms with Crippen molar-refractivity contribution < 1.29 is 8.42 Å². The van der Waals surface area contributed by atoms with E-state index in [0.29, 0.717) is 26.4 Å². The van der Waals surface area contributed by atoms with Crippen molar-refractivity contribution in [2.45, 2.75) is 18.7 Å². The fraction of sp³-hybridized carbons (Fsp3) is 0.143. The molecule has 3 N–H and O–H groups in total. The monoisotopic (exact) mass is 388 g/mol. The van der Waals surface area contributed by atoms with Crippen LogP contribution in [0.1, 0.15) is 11.1 Å². The van der Waals surface area contributed by atoms with Crippen molar-refractivity contribution in [1.29, 1.82) is 0 Å². The molecule has 4 nitrogen and oxygen atoms in total. The third-order valence-electron chi connectivity index (χ3n) is 3.10. The molecule has 21 heavy (non-hydrogen) atoms. The Bertz CT molecular complexity index is 807. The lowest BCUT2D eigenvalue weighted by Crippen LogP contribution is -2.15. The average Bonchev–Trinajstić information content (AvgIpc) is 2.37. The number of halogens is 2. The Labute approximate surface area is 137 Å². The van der Waals surface area contributed by atoms with E-state index in [1.54, 1.807) is 25.1 Å². The van der Waals surface area contributed by atoms with E-state index in [1.165, 1.54) is 12.1 Å². The van der Waals surface area contributed by atoms with Crippen LogP contribution >= 0.6 is 27.5 Å². The summed E-state index contributed by atoms with van der Waals surface area (Å²) in [5.74, 6) is 0. The minimum atomic E-state index is -3.75. The second-order valence-corrected chi connectivity index (χ2v) is 7.63. The summed E-state index contributed by atoms with van der Waals surface area (Å²) >= 11 is 9.19. The highest BCUT2D eigenvalue weighted by Crippen LogP contribution is 2.30. The molecule has 2 aromatic carbocycles. The largest absolute Gasteiger partial charge is 0.399 e. The van der Waals surface area contributed by atoms with Crippen molar-refractivity contribution in [3.8, 4) is 0 Å². The first kappa shape index (κ1) is 16.1. The van der Waals surface area contributed by atoms with E-state index < -0.39 is 10.0 Å². The van der Waals surface area contributed by atoms with Gasteiger partial charge in [0.2, 0.25) is 0 Å². The Kier molecular flexibility index (Phi) is 4.51. The standard InChI is InChI=1S/C14H14BrClN2O2S/c1-8-5-11(17)7-14(9(8)2)21(19,20)18-13-6-10(16)3-4-12(13)15/h3-7,18H,17H2,1-2H3. The van der Waals surface area contributed by atoms with Gasteiger partial charge in [0.15, 0.2) is 0 Å². The van der Waals surface area contributed by atoms with Crippen LogP contribution in [0.2, 0.25) is 5.02 Å². The second-order valence-electron chi connectivity index (χ2n) is 4.69. The first-order valence-electron chi connectivity index (χ1n) is 6.05. The molecule has 0 heterocycles. The molecule has 0 bridgehead atoms. The van der Waals surface area contributed by atoms with Crippen LogP contribution in [0.5, 0.6) is 0 Å². The molecule has 7 heteroatoms. The maximum atomic E-state index is 12.6. The molecule has 0 saturated heterocycles. The summed E-state index contributed by atoms with van der Waals surface area (Å²) in [5.41, 5.74) is 8.01.